The Morgan fingerprint density at radius 3 is 1.00 bits per heavy atom. The van der Waals surface area contributed by atoms with E-state index in [1.54, 1.807) is 0 Å². The lowest BCUT2D eigenvalue weighted by Crippen LogP contribution is -2.44. The molecule has 144 valence electrons. The van der Waals surface area contributed by atoms with Gasteiger partial charge in [-0.15, -0.1) is 0 Å². The molecule has 0 aliphatic heterocycles. The molecule has 0 radical (unpaired) electrons. The highest BCUT2D eigenvalue weighted by atomic mass is 16.4. The van der Waals surface area contributed by atoms with Crippen LogP contribution in [0.3, 0.4) is 0 Å². The van der Waals surface area contributed by atoms with Gasteiger partial charge < -0.3 is 51.1 Å². The minimum Gasteiger partial charge on any atom is -0.394 e. The molecule has 0 saturated heterocycles. The van der Waals surface area contributed by atoms with Crippen LogP contribution in [0, 0.1) is 0 Å². The van der Waals surface area contributed by atoms with Crippen LogP contribution in [0.15, 0.2) is 0 Å². The lowest BCUT2D eigenvalue weighted by molar-refractivity contribution is -0.143. The van der Waals surface area contributed by atoms with Crippen molar-refractivity contribution in [2.24, 2.45) is 0 Å². The van der Waals surface area contributed by atoms with E-state index in [0.717, 1.165) is 0 Å². The van der Waals surface area contributed by atoms with Crippen molar-refractivity contribution >= 4 is 11.6 Å². The van der Waals surface area contributed by atoms with Crippen LogP contribution in [-0.4, -0.2) is 126 Å². The molecule has 24 heavy (non-hydrogen) atoms. The molecule has 0 unspecified atom stereocenters. The summed E-state index contributed by atoms with van der Waals surface area (Å²) in [4.78, 5) is 21.0. The standard InChI is InChI=1S/2C6H12O6/c2*7-1-3(9)5(11)6(12)4(10)2-8/h2*3,5-9,11-12H,1-2H2/t3-,5+,6+;3-,5+,6-/m01/s1. The normalized spacial score (nSPS) is 18.4. The van der Waals surface area contributed by atoms with E-state index in [2.05, 4.69) is 0 Å². The van der Waals surface area contributed by atoms with Crippen molar-refractivity contribution in [3.63, 3.8) is 0 Å². The molecule has 0 aliphatic carbocycles. The van der Waals surface area contributed by atoms with E-state index in [4.69, 9.17) is 51.1 Å². The molecular weight excluding hydrogens is 336 g/mol. The molecule has 0 aliphatic rings. The smallest absolute Gasteiger partial charge is 0.189 e. The lowest BCUT2D eigenvalue weighted by atomic mass is 10.1. The highest BCUT2D eigenvalue weighted by molar-refractivity contribution is 5.84. The Balaban J connectivity index is 0. The van der Waals surface area contributed by atoms with Crippen LogP contribution in [0.2, 0.25) is 0 Å². The molecule has 10 N–H and O–H groups in total. The molecule has 0 aromatic heterocycles. The van der Waals surface area contributed by atoms with E-state index in [-0.39, 0.29) is 0 Å². The van der Waals surface area contributed by atoms with Gasteiger partial charge in [0.05, 0.1) is 13.2 Å². The lowest BCUT2D eigenvalue weighted by Gasteiger charge is -2.19. The van der Waals surface area contributed by atoms with E-state index in [0.29, 0.717) is 0 Å². The molecule has 6 atom stereocenters. The van der Waals surface area contributed by atoms with Gasteiger partial charge >= 0.3 is 0 Å². The van der Waals surface area contributed by atoms with Crippen molar-refractivity contribution in [1.82, 2.24) is 0 Å². The minimum atomic E-state index is -1.86. The zero-order chi connectivity index (χ0) is 19.4. The number of carbonyl (C=O) groups excluding carboxylic acids is 2. The summed E-state index contributed by atoms with van der Waals surface area (Å²) in [5.74, 6) is -2.01. The van der Waals surface area contributed by atoms with E-state index in [9.17, 15) is 9.59 Å². The molecular formula is C12H24O12. The van der Waals surface area contributed by atoms with E-state index in [1.165, 1.54) is 0 Å². The van der Waals surface area contributed by atoms with Crippen LogP contribution >= 0.6 is 0 Å². The Morgan fingerprint density at radius 1 is 0.583 bits per heavy atom. The highest BCUT2D eigenvalue weighted by Crippen LogP contribution is 2.01. The summed E-state index contributed by atoms with van der Waals surface area (Å²) < 4.78 is 0. The van der Waals surface area contributed by atoms with Gasteiger partial charge in [0.25, 0.3) is 0 Å². The maximum atomic E-state index is 10.5. The summed E-state index contributed by atoms with van der Waals surface area (Å²) >= 11 is 0. The maximum Gasteiger partial charge on any atom is 0.189 e. The molecule has 0 rings (SSSR count). The van der Waals surface area contributed by atoms with Gasteiger partial charge in [0.15, 0.2) is 11.6 Å². The number of aliphatic hydroxyl groups excluding tert-OH is 10. The number of hydrogen-bond acceptors (Lipinski definition) is 12. The molecule has 0 aromatic carbocycles. The third-order valence-electron chi connectivity index (χ3n) is 2.78. The fraction of sp³-hybridized carbons (Fsp3) is 0.833. The number of ketones is 2. The van der Waals surface area contributed by atoms with Crippen molar-refractivity contribution < 1.29 is 60.7 Å². The first-order valence-electron chi connectivity index (χ1n) is 6.66. The van der Waals surface area contributed by atoms with Crippen molar-refractivity contribution in [3.8, 4) is 0 Å². The Kier molecular flexibility index (Phi) is 13.9. The molecule has 0 amide bonds. The molecule has 12 heteroatoms. The predicted molar refractivity (Wildman–Crippen MR) is 74.4 cm³/mol. The summed E-state index contributed by atoms with van der Waals surface area (Å²) in [6.07, 6.45) is -10.4. The zero-order valence-corrected chi connectivity index (χ0v) is 12.6. The number of carbonyl (C=O) groups is 2. The number of rotatable bonds is 10. The molecule has 0 heterocycles. The van der Waals surface area contributed by atoms with E-state index < -0.39 is 74.6 Å². The Morgan fingerprint density at radius 2 is 0.833 bits per heavy atom. The van der Waals surface area contributed by atoms with Crippen molar-refractivity contribution in [2.45, 2.75) is 36.6 Å². The molecule has 0 fully saturated rings. The average molecular weight is 360 g/mol. The fourth-order valence-electron chi connectivity index (χ4n) is 1.20. The quantitative estimate of drug-likeness (QED) is 0.175. The zero-order valence-electron chi connectivity index (χ0n) is 12.6. The predicted octanol–water partition coefficient (Wildman–Crippen LogP) is -6.75. The molecule has 0 saturated carbocycles. The van der Waals surface area contributed by atoms with E-state index in [1.807, 2.05) is 0 Å². The Hall–Kier alpha value is -1.06. The van der Waals surface area contributed by atoms with Gasteiger partial charge in [0.1, 0.15) is 49.8 Å². The first kappa shape index (κ1) is 25.2. The van der Waals surface area contributed by atoms with Gasteiger partial charge in [0.2, 0.25) is 0 Å². The molecule has 0 spiro atoms. The fourth-order valence-corrected chi connectivity index (χ4v) is 1.20. The summed E-state index contributed by atoms with van der Waals surface area (Å²) in [5.41, 5.74) is 0. The SMILES string of the molecule is O=C(CO)[C@@H](O)[C@@H](O)[C@H](O)CO.O=C(CO)[C@@H](O)[C@H](O)[C@@H](O)CO. The summed E-state index contributed by atoms with van der Waals surface area (Å²) in [5, 5.41) is 86.1. The van der Waals surface area contributed by atoms with Crippen LogP contribution in [-0.2, 0) is 9.59 Å². The Bertz CT molecular complexity index is 328. The van der Waals surface area contributed by atoms with Gasteiger partial charge in [-0.3, -0.25) is 9.59 Å². The van der Waals surface area contributed by atoms with Gasteiger partial charge in [-0.2, -0.15) is 0 Å². The second-order valence-corrected chi connectivity index (χ2v) is 4.62. The molecule has 0 aromatic rings. The maximum absolute atomic E-state index is 10.5. The van der Waals surface area contributed by atoms with Crippen LogP contribution in [0.4, 0.5) is 0 Å². The second kappa shape index (κ2) is 13.3. The summed E-state index contributed by atoms with van der Waals surface area (Å²) in [6, 6.07) is 0. The van der Waals surface area contributed by atoms with Crippen LogP contribution in [0.5, 0.6) is 0 Å². The van der Waals surface area contributed by atoms with Crippen LogP contribution in [0.25, 0.3) is 0 Å². The number of hydrogen-bond donors (Lipinski definition) is 10. The third-order valence-corrected chi connectivity index (χ3v) is 2.78. The van der Waals surface area contributed by atoms with Gasteiger partial charge in [-0.25, -0.2) is 0 Å². The molecule has 12 nitrogen and oxygen atoms in total. The monoisotopic (exact) mass is 360 g/mol. The van der Waals surface area contributed by atoms with Crippen molar-refractivity contribution in [2.75, 3.05) is 26.4 Å². The highest BCUT2D eigenvalue weighted by Gasteiger charge is 2.29. The first-order chi connectivity index (χ1) is 11.1. The topological polar surface area (TPSA) is 236 Å². The minimum absolute atomic E-state index is 0.767. The second-order valence-electron chi connectivity index (χ2n) is 4.62. The van der Waals surface area contributed by atoms with Gasteiger partial charge in [-0.1, -0.05) is 0 Å². The Labute approximate surface area is 136 Å². The number of aliphatic hydroxyl groups is 10. The van der Waals surface area contributed by atoms with Crippen LogP contribution < -0.4 is 0 Å². The largest absolute Gasteiger partial charge is 0.394 e. The van der Waals surface area contributed by atoms with Crippen molar-refractivity contribution in [3.05, 3.63) is 0 Å². The van der Waals surface area contributed by atoms with Gasteiger partial charge in [0, 0.05) is 0 Å². The van der Waals surface area contributed by atoms with Crippen LogP contribution in [0.1, 0.15) is 0 Å². The molecule has 0 bridgehead atoms. The summed E-state index contributed by atoms with van der Waals surface area (Å²) in [6.45, 7) is -3.37. The average Bonchev–Trinajstić information content (AvgIpc) is 2.62. The first-order valence-corrected chi connectivity index (χ1v) is 6.66. The third kappa shape index (κ3) is 8.70. The van der Waals surface area contributed by atoms with Crippen molar-refractivity contribution in [1.29, 1.82) is 0 Å². The summed E-state index contributed by atoms with van der Waals surface area (Å²) in [7, 11) is 0. The van der Waals surface area contributed by atoms with Gasteiger partial charge in [-0.05, 0) is 0 Å². The van der Waals surface area contributed by atoms with E-state index >= 15 is 0 Å². The number of Topliss-reactive ketones (excluding diaryl/α,β-unsaturated/α-hetero) is 2.